The summed E-state index contributed by atoms with van der Waals surface area (Å²) in [5.74, 6) is 0.0623. The van der Waals surface area contributed by atoms with Gasteiger partial charge in [-0.1, -0.05) is 35.6 Å². The van der Waals surface area contributed by atoms with E-state index in [2.05, 4.69) is 22.2 Å². The summed E-state index contributed by atoms with van der Waals surface area (Å²) in [6.07, 6.45) is 2.51. The molecule has 0 saturated heterocycles. The van der Waals surface area contributed by atoms with Gasteiger partial charge in [0.25, 0.3) is 5.91 Å². The van der Waals surface area contributed by atoms with Crippen LogP contribution in [0.2, 0.25) is 0 Å². The fraction of sp³-hybridized carbons (Fsp3) is 0.235. The Morgan fingerprint density at radius 1 is 1.42 bits per heavy atom. The van der Waals surface area contributed by atoms with Crippen LogP contribution in [0.3, 0.4) is 0 Å². The molecule has 0 saturated carbocycles. The number of benzene rings is 1. The normalized spacial score (nSPS) is 13.1. The van der Waals surface area contributed by atoms with E-state index >= 15 is 0 Å². The lowest BCUT2D eigenvalue weighted by Crippen LogP contribution is -2.35. The van der Waals surface area contributed by atoms with E-state index in [1.165, 1.54) is 0 Å². The number of fused-ring (bicyclic) bond motifs is 1. The molecule has 124 valence electrons. The molecule has 7 heteroatoms. The van der Waals surface area contributed by atoms with Crippen LogP contribution in [0.4, 0.5) is 5.13 Å². The van der Waals surface area contributed by atoms with Gasteiger partial charge in [-0.05, 0) is 24.4 Å². The van der Waals surface area contributed by atoms with Crippen LogP contribution in [0.15, 0.2) is 43.0 Å². The lowest BCUT2D eigenvalue weighted by Gasteiger charge is -2.26. The first-order chi connectivity index (χ1) is 11.7. The quantitative estimate of drug-likeness (QED) is 0.650. The number of hydrogen-bond donors (Lipinski definition) is 2. The summed E-state index contributed by atoms with van der Waals surface area (Å²) >= 11 is 6.75. The third-order valence-corrected chi connectivity index (χ3v) is 4.91. The van der Waals surface area contributed by atoms with Crippen molar-refractivity contribution in [2.75, 3.05) is 18.4 Å². The Hall–Kier alpha value is -2.25. The molecule has 0 atom stereocenters. The minimum absolute atomic E-state index is 0.0623. The molecule has 1 aliphatic rings. The molecular formula is C17H18N4OS2. The van der Waals surface area contributed by atoms with Gasteiger partial charge in [-0.25, -0.2) is 4.98 Å². The highest BCUT2D eigenvalue weighted by molar-refractivity contribution is 7.80. The standard InChI is InChI=1S/C17H18N4OS2/c1-2-9-18-16(23)20-17-19-13-8-10-21(11-14(13)24-17)15(22)12-6-4-3-5-7-12/h2-7H,1,8-11H2,(H2,18,19,20,23). The summed E-state index contributed by atoms with van der Waals surface area (Å²) in [6.45, 7) is 5.53. The number of amides is 1. The summed E-state index contributed by atoms with van der Waals surface area (Å²) < 4.78 is 0. The minimum atomic E-state index is 0.0623. The van der Waals surface area contributed by atoms with Crippen LogP contribution in [0.25, 0.3) is 0 Å². The number of nitrogens with zero attached hydrogens (tertiary/aromatic N) is 2. The molecule has 0 unspecified atom stereocenters. The number of carbonyl (C=O) groups is 1. The number of thiocarbonyl (C=S) groups is 1. The fourth-order valence-electron chi connectivity index (χ4n) is 2.49. The first kappa shape index (κ1) is 16.6. The van der Waals surface area contributed by atoms with Crippen molar-refractivity contribution in [3.05, 3.63) is 59.1 Å². The highest BCUT2D eigenvalue weighted by Crippen LogP contribution is 2.29. The second-order valence-electron chi connectivity index (χ2n) is 5.36. The Kier molecular flexibility index (Phi) is 5.22. The van der Waals surface area contributed by atoms with Crippen LogP contribution in [0.1, 0.15) is 20.9 Å². The van der Waals surface area contributed by atoms with Gasteiger partial charge in [0, 0.05) is 30.0 Å². The molecular weight excluding hydrogens is 340 g/mol. The number of hydrogen-bond acceptors (Lipinski definition) is 4. The number of nitrogens with one attached hydrogen (secondary N) is 2. The third kappa shape index (κ3) is 3.80. The van der Waals surface area contributed by atoms with Crippen LogP contribution < -0.4 is 10.6 Å². The van der Waals surface area contributed by atoms with Crippen molar-refractivity contribution < 1.29 is 4.79 Å². The Morgan fingerprint density at radius 2 is 2.21 bits per heavy atom. The van der Waals surface area contributed by atoms with E-state index in [1.807, 2.05) is 35.2 Å². The predicted molar refractivity (Wildman–Crippen MR) is 101 cm³/mol. The predicted octanol–water partition coefficient (Wildman–Crippen LogP) is 2.81. The summed E-state index contributed by atoms with van der Waals surface area (Å²) in [4.78, 5) is 20.1. The monoisotopic (exact) mass is 358 g/mol. The first-order valence-electron chi connectivity index (χ1n) is 7.66. The molecule has 1 aliphatic heterocycles. The molecule has 5 nitrogen and oxygen atoms in total. The van der Waals surface area contributed by atoms with Gasteiger partial charge in [0.05, 0.1) is 12.2 Å². The largest absolute Gasteiger partial charge is 0.359 e. The molecule has 0 bridgehead atoms. The molecule has 0 aliphatic carbocycles. The van der Waals surface area contributed by atoms with Gasteiger partial charge in [-0.3, -0.25) is 4.79 Å². The van der Waals surface area contributed by atoms with Crippen molar-refractivity contribution in [1.29, 1.82) is 0 Å². The summed E-state index contributed by atoms with van der Waals surface area (Å²) in [7, 11) is 0. The number of carbonyl (C=O) groups excluding carboxylic acids is 1. The lowest BCUT2D eigenvalue weighted by atomic mass is 10.1. The molecule has 2 N–H and O–H groups in total. The number of rotatable bonds is 4. The van der Waals surface area contributed by atoms with Gasteiger partial charge in [0.2, 0.25) is 0 Å². The van der Waals surface area contributed by atoms with Crippen LogP contribution >= 0.6 is 23.6 Å². The number of aromatic nitrogens is 1. The maximum atomic E-state index is 12.6. The second-order valence-corrected chi connectivity index (χ2v) is 6.85. The van der Waals surface area contributed by atoms with Crippen LogP contribution in [0, 0.1) is 0 Å². The number of thiazole rings is 1. The van der Waals surface area contributed by atoms with Gasteiger partial charge in [0.15, 0.2) is 10.2 Å². The molecule has 2 heterocycles. The smallest absolute Gasteiger partial charge is 0.254 e. The lowest BCUT2D eigenvalue weighted by molar-refractivity contribution is 0.0736. The molecule has 1 aromatic heterocycles. The minimum Gasteiger partial charge on any atom is -0.359 e. The molecule has 24 heavy (non-hydrogen) atoms. The molecule has 1 amide bonds. The highest BCUT2D eigenvalue weighted by atomic mass is 32.1. The summed E-state index contributed by atoms with van der Waals surface area (Å²) in [5, 5.41) is 7.39. The van der Waals surface area contributed by atoms with Crippen molar-refractivity contribution in [3.63, 3.8) is 0 Å². The van der Waals surface area contributed by atoms with E-state index in [4.69, 9.17) is 12.2 Å². The van der Waals surface area contributed by atoms with Gasteiger partial charge in [-0.15, -0.1) is 6.58 Å². The van der Waals surface area contributed by atoms with Gasteiger partial charge in [-0.2, -0.15) is 0 Å². The molecule has 2 aromatic rings. The van der Waals surface area contributed by atoms with Crippen LogP contribution in [-0.4, -0.2) is 34.0 Å². The second kappa shape index (κ2) is 7.55. The Bertz CT molecular complexity index is 757. The highest BCUT2D eigenvalue weighted by Gasteiger charge is 2.25. The Labute approximate surface area is 150 Å². The average molecular weight is 358 g/mol. The van der Waals surface area contributed by atoms with Gasteiger partial charge in [0.1, 0.15) is 0 Å². The zero-order valence-electron chi connectivity index (χ0n) is 13.1. The van der Waals surface area contributed by atoms with Crippen molar-refractivity contribution in [3.8, 4) is 0 Å². The third-order valence-electron chi connectivity index (χ3n) is 3.67. The first-order valence-corrected chi connectivity index (χ1v) is 8.88. The van der Waals surface area contributed by atoms with Crippen molar-refractivity contribution in [2.24, 2.45) is 0 Å². The van der Waals surface area contributed by atoms with E-state index in [9.17, 15) is 4.79 Å². The maximum Gasteiger partial charge on any atom is 0.254 e. The van der Waals surface area contributed by atoms with E-state index in [0.29, 0.717) is 24.7 Å². The van der Waals surface area contributed by atoms with E-state index in [-0.39, 0.29) is 5.91 Å². The SMILES string of the molecule is C=CCNC(=S)Nc1nc2c(s1)CN(C(=O)c1ccccc1)CC2. The summed E-state index contributed by atoms with van der Waals surface area (Å²) in [5.41, 5.74) is 1.77. The molecule has 3 rings (SSSR count). The van der Waals surface area contributed by atoms with Crippen LogP contribution in [0.5, 0.6) is 0 Å². The van der Waals surface area contributed by atoms with E-state index < -0.39 is 0 Å². The molecule has 0 spiro atoms. The van der Waals surface area contributed by atoms with Crippen molar-refractivity contribution >= 4 is 39.7 Å². The van der Waals surface area contributed by atoms with Crippen LogP contribution in [-0.2, 0) is 13.0 Å². The van der Waals surface area contributed by atoms with Gasteiger partial charge < -0.3 is 15.5 Å². The molecule has 0 radical (unpaired) electrons. The van der Waals surface area contributed by atoms with Gasteiger partial charge >= 0.3 is 0 Å². The van der Waals surface area contributed by atoms with E-state index in [0.717, 1.165) is 27.7 Å². The molecule has 0 fully saturated rings. The Balaban J connectivity index is 1.67. The maximum absolute atomic E-state index is 12.6. The number of anilines is 1. The van der Waals surface area contributed by atoms with E-state index in [1.54, 1.807) is 17.4 Å². The molecule has 1 aromatic carbocycles. The zero-order chi connectivity index (χ0) is 16.9. The zero-order valence-corrected chi connectivity index (χ0v) is 14.8. The van der Waals surface area contributed by atoms with Crippen molar-refractivity contribution in [2.45, 2.75) is 13.0 Å². The van der Waals surface area contributed by atoms with Crippen molar-refractivity contribution in [1.82, 2.24) is 15.2 Å². The average Bonchev–Trinajstić information content (AvgIpc) is 3.01. The topological polar surface area (TPSA) is 57.3 Å². The summed E-state index contributed by atoms with van der Waals surface area (Å²) in [6, 6.07) is 9.38. The fourth-order valence-corrected chi connectivity index (χ4v) is 3.76. The Morgan fingerprint density at radius 3 is 2.96 bits per heavy atom.